The van der Waals surface area contributed by atoms with Gasteiger partial charge in [-0.25, -0.2) is 4.79 Å². The molecular formula is C15H18O5. The summed E-state index contributed by atoms with van der Waals surface area (Å²) in [6.07, 6.45) is 0.868. The molecule has 5 heteroatoms. The number of ether oxygens (including phenoxy) is 2. The molecule has 1 aromatic carbocycles. The Morgan fingerprint density at radius 3 is 2.25 bits per heavy atom. The van der Waals surface area contributed by atoms with Gasteiger partial charge in [-0.2, -0.15) is 0 Å². The molecule has 0 spiro atoms. The largest absolute Gasteiger partial charge is 0.507 e. The summed E-state index contributed by atoms with van der Waals surface area (Å²) in [4.78, 5) is 22.5. The summed E-state index contributed by atoms with van der Waals surface area (Å²) in [5, 5.41) is 10.1. The van der Waals surface area contributed by atoms with Crippen LogP contribution in [0.5, 0.6) is 5.75 Å². The number of aliphatic hydroxyl groups excluding tert-OH is 1. The average molecular weight is 278 g/mol. The van der Waals surface area contributed by atoms with Gasteiger partial charge in [-0.3, -0.25) is 4.79 Å². The van der Waals surface area contributed by atoms with Gasteiger partial charge in [-0.1, -0.05) is 0 Å². The van der Waals surface area contributed by atoms with Gasteiger partial charge < -0.3 is 14.6 Å². The Morgan fingerprint density at radius 1 is 1.15 bits per heavy atom. The molecule has 0 heterocycles. The second-order valence-corrected chi connectivity index (χ2v) is 4.41. The fourth-order valence-electron chi connectivity index (χ4n) is 2.01. The number of esters is 1. The Hall–Kier alpha value is -2.30. The number of benzene rings is 1. The van der Waals surface area contributed by atoms with Gasteiger partial charge in [0.15, 0.2) is 0 Å². The number of ketones is 1. The number of hydrogen-bond donors (Lipinski definition) is 1. The van der Waals surface area contributed by atoms with Crippen LogP contribution in [0.15, 0.2) is 12.1 Å². The van der Waals surface area contributed by atoms with Crippen molar-refractivity contribution in [3.8, 4) is 5.75 Å². The molecule has 0 aliphatic carbocycles. The summed E-state index contributed by atoms with van der Waals surface area (Å²) in [6.45, 7) is 5.45. The molecule has 0 unspecified atom stereocenters. The molecule has 20 heavy (non-hydrogen) atoms. The number of carbonyl (C=O) groups excluding carboxylic acids is 2. The van der Waals surface area contributed by atoms with Gasteiger partial charge in [0, 0.05) is 11.6 Å². The number of rotatable bonds is 4. The number of hydrogen-bond acceptors (Lipinski definition) is 5. The molecule has 0 aliphatic heterocycles. The Balaban J connectivity index is 3.34. The first-order chi connectivity index (χ1) is 9.33. The van der Waals surface area contributed by atoms with Crippen LogP contribution in [-0.2, 0) is 14.3 Å². The molecule has 0 amide bonds. The van der Waals surface area contributed by atoms with Crippen molar-refractivity contribution in [3.05, 3.63) is 34.4 Å². The lowest BCUT2D eigenvalue weighted by atomic mass is 9.95. The number of carbonyl (C=O) groups is 2. The van der Waals surface area contributed by atoms with Crippen LogP contribution in [0.4, 0.5) is 0 Å². The first-order valence-corrected chi connectivity index (χ1v) is 6.01. The van der Waals surface area contributed by atoms with Crippen molar-refractivity contribution >= 4 is 17.5 Å². The second-order valence-electron chi connectivity index (χ2n) is 4.41. The molecule has 0 aliphatic rings. The van der Waals surface area contributed by atoms with Gasteiger partial charge in [0.1, 0.15) is 11.5 Å². The standard InChI is InChI=1S/C15H18O5/c1-8-6-13(19-4)9(2)10(3)14(8)11(16)7-12(17)15(18)20-5/h6-7,16H,1-5H3/b11-7-. The van der Waals surface area contributed by atoms with E-state index >= 15 is 0 Å². The summed E-state index contributed by atoms with van der Waals surface area (Å²) >= 11 is 0. The van der Waals surface area contributed by atoms with Crippen LogP contribution in [0, 0.1) is 20.8 Å². The molecule has 0 bridgehead atoms. The van der Waals surface area contributed by atoms with Crippen LogP contribution in [-0.4, -0.2) is 31.1 Å². The number of aliphatic hydroxyl groups is 1. The molecule has 108 valence electrons. The van der Waals surface area contributed by atoms with Crippen molar-refractivity contribution in [2.24, 2.45) is 0 Å². The lowest BCUT2D eigenvalue weighted by molar-refractivity contribution is -0.149. The third-order valence-corrected chi connectivity index (χ3v) is 3.18. The highest BCUT2D eigenvalue weighted by Gasteiger charge is 2.17. The first-order valence-electron chi connectivity index (χ1n) is 6.01. The minimum Gasteiger partial charge on any atom is -0.507 e. The maximum Gasteiger partial charge on any atom is 0.378 e. The topological polar surface area (TPSA) is 72.8 Å². The van der Waals surface area contributed by atoms with Crippen LogP contribution in [0.2, 0.25) is 0 Å². The predicted molar refractivity (Wildman–Crippen MR) is 74.8 cm³/mol. The van der Waals surface area contributed by atoms with E-state index in [-0.39, 0.29) is 5.76 Å². The van der Waals surface area contributed by atoms with E-state index in [9.17, 15) is 14.7 Å². The van der Waals surface area contributed by atoms with Crippen LogP contribution in [0.3, 0.4) is 0 Å². The molecule has 0 saturated carbocycles. The summed E-state index contributed by atoms with van der Waals surface area (Å²) in [7, 11) is 2.68. The zero-order valence-electron chi connectivity index (χ0n) is 12.2. The van der Waals surface area contributed by atoms with Crippen molar-refractivity contribution < 1.29 is 24.2 Å². The van der Waals surface area contributed by atoms with E-state index in [1.165, 1.54) is 0 Å². The molecule has 1 rings (SSSR count). The fourth-order valence-corrected chi connectivity index (χ4v) is 2.01. The van der Waals surface area contributed by atoms with Crippen molar-refractivity contribution in [1.82, 2.24) is 0 Å². The van der Waals surface area contributed by atoms with Crippen molar-refractivity contribution in [3.63, 3.8) is 0 Å². The third-order valence-electron chi connectivity index (χ3n) is 3.18. The predicted octanol–water partition coefficient (Wildman–Crippen LogP) is 2.26. The molecule has 0 radical (unpaired) electrons. The van der Waals surface area contributed by atoms with E-state index in [2.05, 4.69) is 4.74 Å². The Labute approximate surface area is 117 Å². The highest BCUT2D eigenvalue weighted by molar-refractivity contribution is 6.39. The summed E-state index contributed by atoms with van der Waals surface area (Å²) in [5.74, 6) is -1.48. The Bertz CT molecular complexity index is 584. The summed E-state index contributed by atoms with van der Waals surface area (Å²) in [6, 6.07) is 1.77. The third kappa shape index (κ3) is 2.99. The minimum atomic E-state index is -1.02. The van der Waals surface area contributed by atoms with Crippen molar-refractivity contribution in [2.75, 3.05) is 14.2 Å². The lowest BCUT2D eigenvalue weighted by Gasteiger charge is -2.15. The SMILES string of the molecule is COC(=O)C(=O)/C=C(\O)c1c(C)cc(OC)c(C)c1C. The van der Waals surface area contributed by atoms with Crippen molar-refractivity contribution in [2.45, 2.75) is 20.8 Å². The van der Waals surface area contributed by atoms with E-state index < -0.39 is 11.8 Å². The first kappa shape index (κ1) is 15.8. The van der Waals surface area contributed by atoms with Gasteiger partial charge in [0.05, 0.1) is 14.2 Å². The summed E-state index contributed by atoms with van der Waals surface area (Å²) < 4.78 is 9.54. The van der Waals surface area contributed by atoms with Crippen LogP contribution >= 0.6 is 0 Å². The van der Waals surface area contributed by atoms with E-state index in [4.69, 9.17) is 4.74 Å². The highest BCUT2D eigenvalue weighted by Crippen LogP contribution is 2.30. The van der Waals surface area contributed by atoms with Crippen LogP contribution in [0.1, 0.15) is 22.3 Å². The second kappa shape index (κ2) is 6.23. The Morgan fingerprint density at radius 2 is 1.75 bits per heavy atom. The smallest absolute Gasteiger partial charge is 0.378 e. The average Bonchev–Trinajstić information content (AvgIpc) is 2.41. The normalized spacial score (nSPS) is 11.2. The maximum absolute atomic E-state index is 11.5. The van der Waals surface area contributed by atoms with E-state index in [0.717, 1.165) is 29.9 Å². The van der Waals surface area contributed by atoms with Gasteiger partial charge >= 0.3 is 5.97 Å². The number of methoxy groups -OCH3 is 2. The lowest BCUT2D eigenvalue weighted by Crippen LogP contribution is -2.13. The zero-order valence-corrected chi connectivity index (χ0v) is 12.2. The molecule has 0 atom stereocenters. The Kier molecular flexibility index (Phi) is 4.91. The quantitative estimate of drug-likeness (QED) is 0.396. The van der Waals surface area contributed by atoms with Gasteiger partial charge in [-0.05, 0) is 43.5 Å². The van der Waals surface area contributed by atoms with E-state index in [1.54, 1.807) is 20.1 Å². The molecular weight excluding hydrogens is 260 g/mol. The van der Waals surface area contributed by atoms with E-state index in [0.29, 0.717) is 11.3 Å². The maximum atomic E-state index is 11.5. The van der Waals surface area contributed by atoms with Crippen molar-refractivity contribution in [1.29, 1.82) is 0 Å². The van der Waals surface area contributed by atoms with Crippen LogP contribution < -0.4 is 4.74 Å². The monoisotopic (exact) mass is 278 g/mol. The zero-order chi connectivity index (χ0) is 15.4. The molecule has 5 nitrogen and oxygen atoms in total. The van der Waals surface area contributed by atoms with Crippen LogP contribution in [0.25, 0.3) is 5.76 Å². The highest BCUT2D eigenvalue weighted by atomic mass is 16.5. The minimum absolute atomic E-state index is 0.263. The van der Waals surface area contributed by atoms with Gasteiger partial charge in [0.25, 0.3) is 5.78 Å². The summed E-state index contributed by atoms with van der Waals surface area (Å²) in [5.41, 5.74) is 2.91. The number of aryl methyl sites for hydroxylation is 1. The fraction of sp³-hybridized carbons (Fsp3) is 0.333. The molecule has 0 saturated heterocycles. The van der Waals surface area contributed by atoms with Gasteiger partial charge in [0.2, 0.25) is 0 Å². The van der Waals surface area contributed by atoms with Gasteiger partial charge in [-0.15, -0.1) is 0 Å². The molecule has 1 aromatic rings. The molecule has 1 N–H and O–H groups in total. The molecule has 0 fully saturated rings. The molecule has 0 aromatic heterocycles. The van der Waals surface area contributed by atoms with E-state index in [1.807, 2.05) is 13.8 Å².